The van der Waals surface area contributed by atoms with Gasteiger partial charge in [-0.25, -0.2) is 4.98 Å². The number of hydrogen-bond donors (Lipinski definition) is 0. The Morgan fingerprint density at radius 1 is 1.32 bits per heavy atom. The quantitative estimate of drug-likeness (QED) is 0.747. The predicted octanol–water partition coefficient (Wildman–Crippen LogP) is 4.21. The highest BCUT2D eigenvalue weighted by Crippen LogP contribution is 2.20. The molecule has 1 aromatic heterocycles. The molecule has 100 valence electrons. The molecule has 0 unspecified atom stereocenters. The molecular formula is C15H17NOS2. The van der Waals surface area contributed by atoms with Crippen molar-refractivity contribution in [1.29, 1.82) is 0 Å². The van der Waals surface area contributed by atoms with Crippen molar-refractivity contribution in [2.75, 3.05) is 0 Å². The first-order valence-corrected chi connectivity index (χ1v) is 8.21. The smallest absolute Gasteiger partial charge is 0.168 e. The van der Waals surface area contributed by atoms with Crippen LogP contribution < -0.4 is 0 Å². The Hall–Kier alpha value is -1.13. The number of hydrogen-bond acceptors (Lipinski definition) is 4. The SMILES string of the molecule is CC(C)SCc1nc(CC(=O)c2ccccc2)cs1. The van der Waals surface area contributed by atoms with Gasteiger partial charge in [0.25, 0.3) is 0 Å². The van der Waals surface area contributed by atoms with Crippen LogP contribution in [0.2, 0.25) is 0 Å². The van der Waals surface area contributed by atoms with E-state index in [-0.39, 0.29) is 5.78 Å². The highest BCUT2D eigenvalue weighted by molar-refractivity contribution is 7.99. The van der Waals surface area contributed by atoms with Crippen LogP contribution in [0.5, 0.6) is 0 Å². The number of thiazole rings is 1. The van der Waals surface area contributed by atoms with Crippen LogP contribution in [0.4, 0.5) is 0 Å². The first-order valence-electron chi connectivity index (χ1n) is 6.28. The monoisotopic (exact) mass is 291 g/mol. The largest absolute Gasteiger partial charge is 0.294 e. The Labute approximate surface area is 122 Å². The fraction of sp³-hybridized carbons (Fsp3) is 0.333. The summed E-state index contributed by atoms with van der Waals surface area (Å²) in [4.78, 5) is 16.6. The van der Waals surface area contributed by atoms with E-state index in [0.29, 0.717) is 11.7 Å². The van der Waals surface area contributed by atoms with Gasteiger partial charge in [0.1, 0.15) is 5.01 Å². The molecule has 0 saturated carbocycles. The standard InChI is InChI=1S/C15H17NOS2/c1-11(2)18-10-15-16-13(9-19-15)8-14(17)12-6-4-3-5-7-12/h3-7,9,11H,8,10H2,1-2H3. The first-order chi connectivity index (χ1) is 9.15. The lowest BCUT2D eigenvalue weighted by Gasteiger charge is -2.01. The molecule has 0 aliphatic rings. The maximum atomic E-state index is 12.0. The molecule has 2 rings (SSSR count). The Kier molecular flexibility index (Phi) is 5.16. The molecular weight excluding hydrogens is 274 g/mol. The molecule has 1 heterocycles. The van der Waals surface area contributed by atoms with Crippen LogP contribution in [0.3, 0.4) is 0 Å². The predicted molar refractivity (Wildman–Crippen MR) is 83.0 cm³/mol. The van der Waals surface area contributed by atoms with E-state index in [4.69, 9.17) is 0 Å². The molecule has 1 aromatic carbocycles. The third-order valence-corrected chi connectivity index (χ3v) is 4.76. The Morgan fingerprint density at radius 3 is 2.74 bits per heavy atom. The van der Waals surface area contributed by atoms with E-state index >= 15 is 0 Å². The van der Waals surface area contributed by atoms with Crippen LogP contribution in [0, 0.1) is 0 Å². The number of aromatic nitrogens is 1. The molecule has 0 spiro atoms. The van der Waals surface area contributed by atoms with Crippen molar-refractivity contribution in [3.63, 3.8) is 0 Å². The van der Waals surface area contributed by atoms with Gasteiger partial charge in [-0.05, 0) is 5.25 Å². The average molecular weight is 291 g/mol. The van der Waals surface area contributed by atoms with Crippen molar-refractivity contribution in [1.82, 2.24) is 4.98 Å². The number of thioether (sulfide) groups is 1. The molecule has 0 bridgehead atoms. The fourth-order valence-corrected chi connectivity index (χ4v) is 3.22. The summed E-state index contributed by atoms with van der Waals surface area (Å²) in [6, 6.07) is 9.40. The molecule has 2 nitrogen and oxygen atoms in total. The van der Waals surface area contributed by atoms with Crippen LogP contribution in [0.1, 0.15) is 34.9 Å². The van der Waals surface area contributed by atoms with Gasteiger partial charge in [0.2, 0.25) is 0 Å². The summed E-state index contributed by atoms with van der Waals surface area (Å²) in [6.45, 7) is 4.36. The van der Waals surface area contributed by atoms with E-state index in [1.165, 1.54) is 0 Å². The lowest BCUT2D eigenvalue weighted by atomic mass is 10.1. The Bertz CT molecular complexity index is 534. The van der Waals surface area contributed by atoms with Gasteiger partial charge in [0, 0.05) is 16.7 Å². The van der Waals surface area contributed by atoms with Crippen molar-refractivity contribution in [2.24, 2.45) is 0 Å². The molecule has 0 saturated heterocycles. The zero-order chi connectivity index (χ0) is 13.7. The van der Waals surface area contributed by atoms with E-state index in [1.54, 1.807) is 11.3 Å². The van der Waals surface area contributed by atoms with E-state index < -0.39 is 0 Å². The number of nitrogens with zero attached hydrogens (tertiary/aromatic N) is 1. The molecule has 0 amide bonds. The van der Waals surface area contributed by atoms with Crippen LogP contribution >= 0.6 is 23.1 Å². The van der Waals surface area contributed by atoms with Gasteiger partial charge in [-0.1, -0.05) is 44.2 Å². The second-order valence-corrected chi connectivity index (χ2v) is 7.07. The van der Waals surface area contributed by atoms with Crippen molar-refractivity contribution >= 4 is 28.9 Å². The van der Waals surface area contributed by atoms with Crippen LogP contribution in [-0.2, 0) is 12.2 Å². The van der Waals surface area contributed by atoms with Gasteiger partial charge < -0.3 is 0 Å². The van der Waals surface area contributed by atoms with Gasteiger partial charge in [-0.15, -0.1) is 11.3 Å². The summed E-state index contributed by atoms with van der Waals surface area (Å²) in [7, 11) is 0. The Balaban J connectivity index is 1.95. The lowest BCUT2D eigenvalue weighted by molar-refractivity contribution is 0.0992. The number of benzene rings is 1. The molecule has 0 atom stereocenters. The number of carbonyl (C=O) groups is 1. The summed E-state index contributed by atoms with van der Waals surface area (Å²) in [6.07, 6.45) is 0.396. The third kappa shape index (κ3) is 4.48. The summed E-state index contributed by atoms with van der Waals surface area (Å²) in [5, 5.41) is 3.71. The van der Waals surface area contributed by atoms with Crippen LogP contribution in [0.15, 0.2) is 35.7 Å². The number of ketones is 1. The van der Waals surface area contributed by atoms with Crippen LogP contribution in [-0.4, -0.2) is 16.0 Å². The van der Waals surface area contributed by atoms with Gasteiger partial charge in [0.15, 0.2) is 5.78 Å². The number of rotatable bonds is 6. The fourth-order valence-electron chi connectivity index (χ4n) is 1.62. The second-order valence-electron chi connectivity index (χ2n) is 4.56. The normalized spacial score (nSPS) is 10.9. The van der Waals surface area contributed by atoms with Crippen LogP contribution in [0.25, 0.3) is 0 Å². The van der Waals surface area contributed by atoms with Gasteiger partial charge in [-0.3, -0.25) is 4.79 Å². The van der Waals surface area contributed by atoms with Gasteiger partial charge in [-0.2, -0.15) is 11.8 Å². The summed E-state index contributed by atoms with van der Waals surface area (Å²) in [5.74, 6) is 1.07. The van der Waals surface area contributed by atoms with Gasteiger partial charge in [0.05, 0.1) is 12.1 Å². The maximum absolute atomic E-state index is 12.0. The molecule has 0 radical (unpaired) electrons. The third-order valence-electron chi connectivity index (χ3n) is 2.58. The van der Waals surface area contributed by atoms with E-state index in [2.05, 4.69) is 18.8 Å². The summed E-state index contributed by atoms with van der Waals surface area (Å²) < 4.78 is 0. The molecule has 2 aromatic rings. The highest BCUT2D eigenvalue weighted by Gasteiger charge is 2.10. The molecule has 4 heteroatoms. The highest BCUT2D eigenvalue weighted by atomic mass is 32.2. The first kappa shape index (κ1) is 14.3. The maximum Gasteiger partial charge on any atom is 0.168 e. The van der Waals surface area contributed by atoms with E-state index in [9.17, 15) is 4.79 Å². The molecule has 0 aliphatic heterocycles. The molecule has 0 N–H and O–H groups in total. The summed E-state index contributed by atoms with van der Waals surface area (Å²) >= 11 is 3.52. The average Bonchev–Trinajstić information content (AvgIpc) is 2.85. The minimum atomic E-state index is 0.133. The number of carbonyl (C=O) groups excluding carboxylic acids is 1. The number of Topliss-reactive ketones (excluding diaryl/α,β-unsaturated/α-hetero) is 1. The lowest BCUT2D eigenvalue weighted by Crippen LogP contribution is -2.03. The zero-order valence-electron chi connectivity index (χ0n) is 11.1. The van der Waals surface area contributed by atoms with E-state index in [0.717, 1.165) is 22.0 Å². The summed E-state index contributed by atoms with van der Waals surface area (Å²) in [5.41, 5.74) is 1.65. The molecule has 19 heavy (non-hydrogen) atoms. The van der Waals surface area contributed by atoms with Crippen molar-refractivity contribution in [2.45, 2.75) is 31.3 Å². The van der Waals surface area contributed by atoms with Crippen molar-refractivity contribution in [3.8, 4) is 0 Å². The van der Waals surface area contributed by atoms with E-state index in [1.807, 2.05) is 47.5 Å². The zero-order valence-corrected chi connectivity index (χ0v) is 12.8. The minimum absolute atomic E-state index is 0.133. The van der Waals surface area contributed by atoms with Crippen molar-refractivity contribution in [3.05, 3.63) is 52.0 Å². The Morgan fingerprint density at radius 2 is 2.05 bits per heavy atom. The van der Waals surface area contributed by atoms with Crippen molar-refractivity contribution < 1.29 is 4.79 Å². The molecule has 0 fully saturated rings. The van der Waals surface area contributed by atoms with Gasteiger partial charge >= 0.3 is 0 Å². The topological polar surface area (TPSA) is 30.0 Å². The molecule has 0 aliphatic carbocycles. The minimum Gasteiger partial charge on any atom is -0.294 e. The second kappa shape index (κ2) is 6.87.